The number of nitrogens with two attached hydrogens (primary N) is 2. The summed E-state index contributed by atoms with van der Waals surface area (Å²) >= 11 is 0. The molecular formula is C14H16N4O2. The number of carbonyl (C=O) groups is 2. The molecule has 0 bridgehead atoms. The predicted octanol–water partition coefficient (Wildman–Crippen LogP) is 1.44. The van der Waals surface area contributed by atoms with Crippen molar-refractivity contribution in [1.82, 2.24) is 4.57 Å². The number of nitrogens with zero attached hydrogens (tertiary/aromatic N) is 1. The second-order valence-electron chi connectivity index (χ2n) is 4.34. The Labute approximate surface area is 116 Å². The Morgan fingerprint density at radius 3 is 2.70 bits per heavy atom. The first-order valence-electron chi connectivity index (χ1n) is 6.18. The zero-order valence-electron chi connectivity index (χ0n) is 11.1. The Bertz CT molecular complexity index is 661. The Hall–Kier alpha value is -2.76. The number of carbonyl (C=O) groups excluding carboxylic acids is 2. The van der Waals surface area contributed by atoms with Crippen LogP contribution in [-0.2, 0) is 6.54 Å². The van der Waals surface area contributed by atoms with E-state index in [0.29, 0.717) is 29.2 Å². The number of amides is 2. The first-order valence-corrected chi connectivity index (χ1v) is 6.18. The van der Waals surface area contributed by atoms with Crippen LogP contribution in [0.5, 0.6) is 0 Å². The number of rotatable bonds is 4. The molecule has 5 N–H and O–H groups in total. The van der Waals surface area contributed by atoms with Crippen molar-refractivity contribution < 1.29 is 9.59 Å². The second-order valence-corrected chi connectivity index (χ2v) is 4.34. The number of aromatic nitrogens is 1. The largest absolute Gasteiger partial charge is 0.397 e. The van der Waals surface area contributed by atoms with Crippen LogP contribution in [0.15, 0.2) is 36.5 Å². The predicted molar refractivity (Wildman–Crippen MR) is 77.4 cm³/mol. The molecule has 0 spiro atoms. The van der Waals surface area contributed by atoms with Gasteiger partial charge in [0, 0.05) is 24.0 Å². The van der Waals surface area contributed by atoms with E-state index in [1.165, 1.54) is 6.07 Å². The average molecular weight is 272 g/mol. The molecule has 0 aliphatic heterocycles. The van der Waals surface area contributed by atoms with Crippen molar-refractivity contribution in [3.8, 4) is 0 Å². The summed E-state index contributed by atoms with van der Waals surface area (Å²) < 4.78 is 1.75. The van der Waals surface area contributed by atoms with Gasteiger partial charge in [0.1, 0.15) is 5.69 Å². The third kappa shape index (κ3) is 2.80. The van der Waals surface area contributed by atoms with Crippen LogP contribution in [0.2, 0.25) is 0 Å². The lowest BCUT2D eigenvalue weighted by Crippen LogP contribution is -2.17. The maximum absolute atomic E-state index is 12.2. The van der Waals surface area contributed by atoms with Gasteiger partial charge in [-0.05, 0) is 31.2 Å². The van der Waals surface area contributed by atoms with Crippen LogP contribution in [0, 0.1) is 0 Å². The van der Waals surface area contributed by atoms with E-state index in [2.05, 4.69) is 5.32 Å². The number of nitrogens with one attached hydrogen (secondary N) is 1. The highest BCUT2D eigenvalue weighted by molar-refractivity contribution is 6.04. The fourth-order valence-corrected chi connectivity index (χ4v) is 1.93. The van der Waals surface area contributed by atoms with Gasteiger partial charge < -0.3 is 21.4 Å². The van der Waals surface area contributed by atoms with Gasteiger partial charge >= 0.3 is 0 Å². The molecule has 6 nitrogen and oxygen atoms in total. The standard InChI is InChI=1S/C14H16N4O2/c1-2-18-8-10(15)7-12(18)14(20)17-11-5-3-4-9(6-11)13(16)19/h3-8H,2,15H2,1H3,(H2,16,19)(H,17,20). The molecule has 1 aromatic carbocycles. The smallest absolute Gasteiger partial charge is 0.272 e. The summed E-state index contributed by atoms with van der Waals surface area (Å²) in [6.07, 6.45) is 1.70. The lowest BCUT2D eigenvalue weighted by Gasteiger charge is -2.08. The molecule has 2 rings (SSSR count). The molecule has 104 valence electrons. The van der Waals surface area contributed by atoms with Gasteiger partial charge in [-0.2, -0.15) is 0 Å². The first kappa shape index (κ1) is 13.7. The molecule has 1 heterocycles. The molecule has 0 unspecified atom stereocenters. The summed E-state index contributed by atoms with van der Waals surface area (Å²) in [5, 5.41) is 2.72. The van der Waals surface area contributed by atoms with Gasteiger partial charge in [0.2, 0.25) is 5.91 Å². The summed E-state index contributed by atoms with van der Waals surface area (Å²) in [7, 11) is 0. The molecule has 0 saturated carbocycles. The Kier molecular flexibility index (Phi) is 3.74. The summed E-state index contributed by atoms with van der Waals surface area (Å²) in [5.41, 5.74) is 12.7. The van der Waals surface area contributed by atoms with Gasteiger partial charge in [0.15, 0.2) is 0 Å². The van der Waals surface area contributed by atoms with Crippen LogP contribution in [0.4, 0.5) is 11.4 Å². The third-order valence-corrected chi connectivity index (χ3v) is 2.90. The van der Waals surface area contributed by atoms with E-state index in [1.54, 1.807) is 35.0 Å². The van der Waals surface area contributed by atoms with Crippen LogP contribution >= 0.6 is 0 Å². The number of primary amides is 1. The van der Waals surface area contributed by atoms with Gasteiger partial charge in [-0.3, -0.25) is 9.59 Å². The highest BCUT2D eigenvalue weighted by Gasteiger charge is 2.12. The van der Waals surface area contributed by atoms with Crippen molar-refractivity contribution in [2.75, 3.05) is 11.1 Å². The molecule has 20 heavy (non-hydrogen) atoms. The van der Waals surface area contributed by atoms with Crippen molar-refractivity contribution in [2.45, 2.75) is 13.5 Å². The molecule has 0 radical (unpaired) electrons. The van der Waals surface area contributed by atoms with Gasteiger partial charge in [0.25, 0.3) is 5.91 Å². The van der Waals surface area contributed by atoms with Gasteiger partial charge in [-0.1, -0.05) is 6.07 Å². The minimum atomic E-state index is -0.540. The molecule has 0 saturated heterocycles. The molecule has 0 atom stereocenters. The van der Waals surface area contributed by atoms with Crippen molar-refractivity contribution in [1.29, 1.82) is 0 Å². The summed E-state index contributed by atoms with van der Waals surface area (Å²) in [5.74, 6) is -0.826. The minimum Gasteiger partial charge on any atom is -0.397 e. The molecule has 1 aromatic heterocycles. The van der Waals surface area contributed by atoms with E-state index in [0.717, 1.165) is 0 Å². The lowest BCUT2D eigenvalue weighted by molar-refractivity contribution is 0.0994. The molecule has 2 aromatic rings. The highest BCUT2D eigenvalue weighted by Crippen LogP contribution is 2.15. The van der Waals surface area contributed by atoms with E-state index in [9.17, 15) is 9.59 Å². The summed E-state index contributed by atoms with van der Waals surface area (Å²) in [6.45, 7) is 2.56. The minimum absolute atomic E-state index is 0.287. The van der Waals surface area contributed by atoms with E-state index >= 15 is 0 Å². The maximum Gasteiger partial charge on any atom is 0.272 e. The molecule has 0 fully saturated rings. The quantitative estimate of drug-likeness (QED) is 0.784. The second kappa shape index (κ2) is 5.48. The van der Waals surface area contributed by atoms with Crippen LogP contribution < -0.4 is 16.8 Å². The molecule has 0 aliphatic rings. The Balaban J connectivity index is 2.23. The summed E-state index contributed by atoms with van der Waals surface area (Å²) in [4.78, 5) is 23.3. The highest BCUT2D eigenvalue weighted by atomic mass is 16.2. The SMILES string of the molecule is CCn1cc(N)cc1C(=O)Nc1cccc(C(N)=O)c1. The van der Waals surface area contributed by atoms with Crippen molar-refractivity contribution >= 4 is 23.2 Å². The normalized spacial score (nSPS) is 10.2. The van der Waals surface area contributed by atoms with Crippen molar-refractivity contribution in [3.63, 3.8) is 0 Å². The zero-order valence-corrected chi connectivity index (χ0v) is 11.1. The molecule has 0 aliphatic carbocycles. The van der Waals surface area contributed by atoms with Gasteiger partial charge in [0.05, 0.1) is 5.69 Å². The topological polar surface area (TPSA) is 103 Å². The van der Waals surface area contributed by atoms with E-state index < -0.39 is 5.91 Å². The number of hydrogen-bond acceptors (Lipinski definition) is 3. The molecule has 2 amide bonds. The maximum atomic E-state index is 12.2. The van der Waals surface area contributed by atoms with Crippen LogP contribution in [0.25, 0.3) is 0 Å². The van der Waals surface area contributed by atoms with Crippen LogP contribution in [0.1, 0.15) is 27.8 Å². The summed E-state index contributed by atoms with van der Waals surface area (Å²) in [6, 6.07) is 8.07. The van der Waals surface area contributed by atoms with Crippen molar-refractivity contribution in [2.24, 2.45) is 5.73 Å². The number of benzene rings is 1. The average Bonchev–Trinajstić information content (AvgIpc) is 2.80. The van der Waals surface area contributed by atoms with E-state index in [1.807, 2.05) is 6.92 Å². The molecular weight excluding hydrogens is 256 g/mol. The Morgan fingerprint density at radius 2 is 2.05 bits per heavy atom. The fourth-order valence-electron chi connectivity index (χ4n) is 1.93. The third-order valence-electron chi connectivity index (χ3n) is 2.90. The zero-order chi connectivity index (χ0) is 14.7. The monoisotopic (exact) mass is 272 g/mol. The number of hydrogen-bond donors (Lipinski definition) is 3. The molecule has 6 heteroatoms. The van der Waals surface area contributed by atoms with Crippen LogP contribution in [0.3, 0.4) is 0 Å². The van der Waals surface area contributed by atoms with E-state index in [-0.39, 0.29) is 5.91 Å². The number of nitrogen functional groups attached to an aromatic ring is 1. The number of aryl methyl sites for hydroxylation is 1. The lowest BCUT2D eigenvalue weighted by atomic mass is 10.2. The van der Waals surface area contributed by atoms with Gasteiger partial charge in [-0.25, -0.2) is 0 Å². The number of anilines is 2. The van der Waals surface area contributed by atoms with E-state index in [4.69, 9.17) is 11.5 Å². The first-order chi connectivity index (χ1) is 9.51. The Morgan fingerprint density at radius 1 is 1.30 bits per heavy atom. The fraction of sp³-hybridized carbons (Fsp3) is 0.143. The van der Waals surface area contributed by atoms with Gasteiger partial charge in [-0.15, -0.1) is 0 Å². The van der Waals surface area contributed by atoms with Crippen LogP contribution in [-0.4, -0.2) is 16.4 Å². The van der Waals surface area contributed by atoms with Crippen molar-refractivity contribution in [3.05, 3.63) is 47.8 Å².